The minimum Gasteiger partial charge on any atom is -0.392 e. The molecule has 0 aromatic heterocycles. The van der Waals surface area contributed by atoms with Crippen LogP contribution in [0.15, 0.2) is 91.0 Å². The average molecular weight is 329 g/mol. The third kappa shape index (κ3) is 3.37. The molecule has 0 radical (unpaired) electrons. The van der Waals surface area contributed by atoms with Crippen LogP contribution in [0, 0.1) is 0 Å². The van der Waals surface area contributed by atoms with E-state index in [4.69, 9.17) is 0 Å². The molecule has 1 aliphatic heterocycles. The van der Waals surface area contributed by atoms with Gasteiger partial charge in [-0.25, -0.2) is 0 Å². The van der Waals surface area contributed by atoms with Crippen molar-refractivity contribution in [3.8, 4) is 0 Å². The number of hydrogen-bond donors (Lipinski definition) is 2. The van der Waals surface area contributed by atoms with Crippen LogP contribution in [-0.4, -0.2) is 11.2 Å². The Morgan fingerprint density at radius 3 is 1.68 bits per heavy atom. The van der Waals surface area contributed by atoms with Crippen molar-refractivity contribution in [2.24, 2.45) is 0 Å². The van der Waals surface area contributed by atoms with Crippen LogP contribution < -0.4 is 5.32 Å². The van der Waals surface area contributed by atoms with Crippen LogP contribution in [0.25, 0.3) is 0 Å². The van der Waals surface area contributed by atoms with Crippen molar-refractivity contribution in [2.75, 3.05) is 0 Å². The summed E-state index contributed by atoms with van der Waals surface area (Å²) in [5.41, 5.74) is 3.63. The van der Waals surface area contributed by atoms with Crippen LogP contribution in [0.3, 0.4) is 0 Å². The lowest BCUT2D eigenvalue weighted by Gasteiger charge is -2.41. The number of aliphatic hydroxyl groups is 1. The largest absolute Gasteiger partial charge is 0.392 e. The highest BCUT2D eigenvalue weighted by Crippen LogP contribution is 2.42. The molecule has 25 heavy (non-hydrogen) atoms. The zero-order chi connectivity index (χ0) is 17.1. The first-order valence-electron chi connectivity index (χ1n) is 8.92. The molecule has 2 N–H and O–H groups in total. The number of aliphatic hydroxyl groups excluding tert-OH is 1. The van der Waals surface area contributed by atoms with E-state index in [2.05, 4.69) is 66.0 Å². The van der Waals surface area contributed by atoms with E-state index in [0.717, 1.165) is 0 Å². The second-order valence-electron chi connectivity index (χ2n) is 6.76. The predicted molar refractivity (Wildman–Crippen MR) is 101 cm³/mol. The molecule has 4 unspecified atom stereocenters. The molecule has 0 bridgehead atoms. The third-order valence-electron chi connectivity index (χ3n) is 5.18. The van der Waals surface area contributed by atoms with Gasteiger partial charge in [0.15, 0.2) is 0 Å². The van der Waals surface area contributed by atoms with Gasteiger partial charge in [0.25, 0.3) is 0 Å². The molecule has 0 saturated carbocycles. The minimum atomic E-state index is -0.390. The van der Waals surface area contributed by atoms with Gasteiger partial charge in [0.05, 0.1) is 6.10 Å². The fourth-order valence-electron chi connectivity index (χ4n) is 3.97. The van der Waals surface area contributed by atoms with E-state index in [1.54, 1.807) is 0 Å². The van der Waals surface area contributed by atoms with Gasteiger partial charge in [0, 0.05) is 18.0 Å². The second-order valence-corrected chi connectivity index (χ2v) is 6.76. The van der Waals surface area contributed by atoms with Crippen molar-refractivity contribution in [3.63, 3.8) is 0 Å². The van der Waals surface area contributed by atoms with Crippen LogP contribution >= 0.6 is 0 Å². The van der Waals surface area contributed by atoms with Crippen molar-refractivity contribution in [2.45, 2.75) is 30.5 Å². The smallest absolute Gasteiger partial charge is 0.0645 e. The Balaban J connectivity index is 1.72. The summed E-state index contributed by atoms with van der Waals surface area (Å²) >= 11 is 0. The summed E-state index contributed by atoms with van der Waals surface area (Å²) in [6.07, 6.45) is 0.325. The van der Waals surface area contributed by atoms with Crippen molar-refractivity contribution < 1.29 is 5.11 Å². The van der Waals surface area contributed by atoms with Crippen LogP contribution in [0.5, 0.6) is 0 Å². The quantitative estimate of drug-likeness (QED) is 0.735. The van der Waals surface area contributed by atoms with E-state index in [-0.39, 0.29) is 24.1 Å². The van der Waals surface area contributed by atoms with Gasteiger partial charge in [0.1, 0.15) is 0 Å². The van der Waals surface area contributed by atoms with E-state index >= 15 is 0 Å². The maximum atomic E-state index is 11.0. The monoisotopic (exact) mass is 329 g/mol. The maximum absolute atomic E-state index is 11.0. The lowest BCUT2D eigenvalue weighted by molar-refractivity contribution is 0.0681. The highest BCUT2D eigenvalue weighted by atomic mass is 16.3. The molecule has 2 heteroatoms. The molecule has 2 nitrogen and oxygen atoms in total. The van der Waals surface area contributed by atoms with Gasteiger partial charge >= 0.3 is 0 Å². The molecule has 4 atom stereocenters. The molecular formula is C23H23NO. The van der Waals surface area contributed by atoms with Crippen LogP contribution in [0.4, 0.5) is 0 Å². The molecule has 126 valence electrons. The Labute approximate surface area is 149 Å². The van der Waals surface area contributed by atoms with Gasteiger partial charge in [-0.1, -0.05) is 91.0 Å². The van der Waals surface area contributed by atoms with E-state index in [0.29, 0.717) is 6.42 Å². The number of rotatable bonds is 3. The molecule has 3 aromatic carbocycles. The standard InChI is InChI=1S/C23H23NO/c25-21-16-20(17-10-4-1-5-11-17)24-23(19-14-8-3-9-15-19)22(21)18-12-6-2-7-13-18/h1-15,20-25H,16H2. The lowest BCUT2D eigenvalue weighted by atomic mass is 9.76. The molecule has 0 amide bonds. The lowest BCUT2D eigenvalue weighted by Crippen LogP contribution is -2.43. The van der Waals surface area contributed by atoms with Gasteiger partial charge in [-0.05, 0) is 23.1 Å². The van der Waals surface area contributed by atoms with Crippen molar-refractivity contribution in [3.05, 3.63) is 108 Å². The molecule has 1 heterocycles. The SMILES string of the molecule is OC1CC(c2ccccc2)NC(c2ccccc2)C1c1ccccc1. The highest BCUT2D eigenvalue weighted by molar-refractivity contribution is 5.32. The van der Waals surface area contributed by atoms with Gasteiger partial charge < -0.3 is 10.4 Å². The maximum Gasteiger partial charge on any atom is 0.0645 e. The fraction of sp³-hybridized carbons (Fsp3) is 0.217. The molecule has 3 aromatic rings. The Bertz CT molecular complexity index is 788. The van der Waals surface area contributed by atoms with Crippen LogP contribution in [-0.2, 0) is 0 Å². The summed E-state index contributed by atoms with van der Waals surface area (Å²) < 4.78 is 0. The first-order valence-corrected chi connectivity index (χ1v) is 8.92. The Morgan fingerprint density at radius 1 is 0.640 bits per heavy atom. The topological polar surface area (TPSA) is 32.3 Å². The average Bonchev–Trinajstić information content (AvgIpc) is 2.69. The second kappa shape index (κ2) is 7.22. The highest BCUT2D eigenvalue weighted by Gasteiger charge is 2.38. The molecular weight excluding hydrogens is 306 g/mol. The minimum absolute atomic E-state index is 0.0450. The summed E-state index contributed by atoms with van der Waals surface area (Å²) in [5, 5.41) is 14.9. The van der Waals surface area contributed by atoms with Crippen molar-refractivity contribution >= 4 is 0 Å². The number of piperidine rings is 1. The van der Waals surface area contributed by atoms with Gasteiger partial charge in [0.2, 0.25) is 0 Å². The molecule has 1 aliphatic rings. The van der Waals surface area contributed by atoms with E-state index < -0.39 is 0 Å². The summed E-state index contributed by atoms with van der Waals surface area (Å²) in [5.74, 6) is 0.0450. The van der Waals surface area contributed by atoms with Gasteiger partial charge in [-0.2, -0.15) is 0 Å². The van der Waals surface area contributed by atoms with Crippen LogP contribution in [0.1, 0.15) is 41.1 Å². The summed E-state index contributed by atoms with van der Waals surface area (Å²) in [4.78, 5) is 0. The number of benzene rings is 3. The molecule has 4 rings (SSSR count). The molecule has 1 saturated heterocycles. The Kier molecular flexibility index (Phi) is 4.64. The zero-order valence-electron chi connectivity index (χ0n) is 14.1. The van der Waals surface area contributed by atoms with E-state index in [9.17, 15) is 5.11 Å². The van der Waals surface area contributed by atoms with Crippen LogP contribution in [0.2, 0.25) is 0 Å². The first-order chi connectivity index (χ1) is 12.3. The van der Waals surface area contributed by atoms with E-state index in [1.807, 2.05) is 30.3 Å². The van der Waals surface area contributed by atoms with Gasteiger partial charge in [-0.15, -0.1) is 0 Å². The summed E-state index contributed by atoms with van der Waals surface area (Å²) in [6, 6.07) is 31.5. The Morgan fingerprint density at radius 2 is 1.12 bits per heavy atom. The normalized spacial score (nSPS) is 26.3. The third-order valence-corrected chi connectivity index (χ3v) is 5.18. The Hall–Kier alpha value is -2.42. The molecule has 1 fully saturated rings. The fourth-order valence-corrected chi connectivity index (χ4v) is 3.97. The number of hydrogen-bond acceptors (Lipinski definition) is 2. The van der Waals surface area contributed by atoms with Gasteiger partial charge in [-0.3, -0.25) is 0 Å². The number of nitrogens with one attached hydrogen (secondary N) is 1. The molecule has 0 spiro atoms. The van der Waals surface area contributed by atoms with E-state index in [1.165, 1.54) is 16.7 Å². The molecule has 0 aliphatic carbocycles. The predicted octanol–water partition coefficient (Wildman–Crippen LogP) is 4.61. The zero-order valence-corrected chi connectivity index (χ0v) is 14.1. The summed E-state index contributed by atoms with van der Waals surface area (Å²) in [7, 11) is 0. The van der Waals surface area contributed by atoms with Crippen molar-refractivity contribution in [1.82, 2.24) is 5.32 Å². The van der Waals surface area contributed by atoms with Crippen molar-refractivity contribution in [1.29, 1.82) is 0 Å². The summed E-state index contributed by atoms with van der Waals surface area (Å²) in [6.45, 7) is 0. The first kappa shape index (κ1) is 16.1.